The summed E-state index contributed by atoms with van der Waals surface area (Å²) in [6, 6.07) is 8.48. The molecule has 1 aromatic rings. The molecule has 4 rings (SSSR count). The molecular weight excluding hydrogens is 346 g/mol. The van der Waals surface area contributed by atoms with E-state index in [1.54, 1.807) is 11.8 Å². The standard InChI is InChI=1S/C20H27N3O2S/c1-15-3-2-4-17(13-15)20-23(18(24)14-26-20)12-9-21-7-10-22(11-8-21)19(25)16-5-6-16/h2-4,13,16,20H,5-12,14H2,1H3/t20-/m1/s1. The van der Waals surface area contributed by atoms with Crippen LogP contribution >= 0.6 is 11.8 Å². The van der Waals surface area contributed by atoms with Crippen LogP contribution in [0.3, 0.4) is 0 Å². The van der Waals surface area contributed by atoms with Crippen molar-refractivity contribution in [3.63, 3.8) is 0 Å². The van der Waals surface area contributed by atoms with Crippen LogP contribution in [0.15, 0.2) is 24.3 Å². The summed E-state index contributed by atoms with van der Waals surface area (Å²) < 4.78 is 0. The molecule has 2 aliphatic heterocycles. The first-order valence-electron chi connectivity index (χ1n) is 9.60. The molecule has 140 valence electrons. The zero-order valence-corrected chi connectivity index (χ0v) is 16.2. The van der Waals surface area contributed by atoms with Crippen molar-refractivity contribution in [2.75, 3.05) is 45.0 Å². The van der Waals surface area contributed by atoms with E-state index in [2.05, 4.69) is 36.1 Å². The van der Waals surface area contributed by atoms with Gasteiger partial charge in [0, 0.05) is 45.2 Å². The first-order valence-corrected chi connectivity index (χ1v) is 10.7. The predicted molar refractivity (Wildman–Crippen MR) is 104 cm³/mol. The Bertz CT molecular complexity index is 683. The third kappa shape index (κ3) is 3.91. The molecule has 1 aromatic carbocycles. The lowest BCUT2D eigenvalue weighted by atomic mass is 10.1. The van der Waals surface area contributed by atoms with E-state index in [0.29, 0.717) is 17.6 Å². The van der Waals surface area contributed by atoms with Crippen molar-refractivity contribution in [1.82, 2.24) is 14.7 Å². The van der Waals surface area contributed by atoms with Crippen molar-refractivity contribution in [3.05, 3.63) is 35.4 Å². The minimum absolute atomic E-state index is 0.139. The van der Waals surface area contributed by atoms with Crippen LogP contribution in [0.25, 0.3) is 0 Å². The highest BCUT2D eigenvalue weighted by Gasteiger charge is 2.35. The predicted octanol–water partition coefficient (Wildman–Crippen LogP) is 2.12. The second kappa shape index (κ2) is 7.61. The molecule has 0 N–H and O–H groups in total. The number of thioether (sulfide) groups is 1. The van der Waals surface area contributed by atoms with Gasteiger partial charge in [-0.15, -0.1) is 11.8 Å². The van der Waals surface area contributed by atoms with Gasteiger partial charge < -0.3 is 9.80 Å². The third-order valence-electron chi connectivity index (χ3n) is 5.56. The van der Waals surface area contributed by atoms with Crippen LogP contribution in [0.4, 0.5) is 0 Å². The quantitative estimate of drug-likeness (QED) is 0.793. The van der Waals surface area contributed by atoms with Gasteiger partial charge in [0.1, 0.15) is 5.37 Å². The molecule has 0 aromatic heterocycles. The average molecular weight is 374 g/mol. The number of carbonyl (C=O) groups excluding carboxylic acids is 2. The number of piperazine rings is 1. The Hall–Kier alpha value is -1.53. The molecule has 0 spiro atoms. The fourth-order valence-electron chi connectivity index (χ4n) is 3.83. The number of hydrogen-bond donors (Lipinski definition) is 0. The van der Waals surface area contributed by atoms with Gasteiger partial charge in [-0.3, -0.25) is 14.5 Å². The van der Waals surface area contributed by atoms with Crippen LogP contribution in [0.1, 0.15) is 29.3 Å². The highest BCUT2D eigenvalue weighted by atomic mass is 32.2. The molecule has 0 unspecified atom stereocenters. The maximum absolute atomic E-state index is 12.4. The Morgan fingerprint density at radius 2 is 1.92 bits per heavy atom. The topological polar surface area (TPSA) is 43.9 Å². The summed E-state index contributed by atoms with van der Waals surface area (Å²) in [5.41, 5.74) is 2.46. The van der Waals surface area contributed by atoms with E-state index in [1.165, 1.54) is 11.1 Å². The molecular formula is C20H27N3O2S. The fraction of sp³-hybridized carbons (Fsp3) is 0.600. The molecule has 2 amide bonds. The first kappa shape index (κ1) is 17.9. The van der Waals surface area contributed by atoms with E-state index in [-0.39, 0.29) is 11.3 Å². The van der Waals surface area contributed by atoms with Crippen LogP contribution in [-0.4, -0.2) is 71.5 Å². The monoisotopic (exact) mass is 373 g/mol. The van der Waals surface area contributed by atoms with Crippen molar-refractivity contribution in [2.45, 2.75) is 25.1 Å². The Kier molecular flexibility index (Phi) is 5.23. The van der Waals surface area contributed by atoms with E-state index in [9.17, 15) is 9.59 Å². The van der Waals surface area contributed by atoms with Crippen molar-refractivity contribution in [1.29, 1.82) is 0 Å². The van der Waals surface area contributed by atoms with Gasteiger partial charge in [-0.2, -0.15) is 0 Å². The summed E-state index contributed by atoms with van der Waals surface area (Å²) in [5.74, 6) is 1.48. The van der Waals surface area contributed by atoms with Crippen LogP contribution < -0.4 is 0 Å². The number of nitrogens with zero attached hydrogens (tertiary/aromatic N) is 3. The van der Waals surface area contributed by atoms with Crippen LogP contribution in [0.5, 0.6) is 0 Å². The van der Waals surface area contributed by atoms with E-state index in [4.69, 9.17) is 0 Å². The summed E-state index contributed by atoms with van der Waals surface area (Å²) in [6.07, 6.45) is 2.16. The van der Waals surface area contributed by atoms with Gasteiger partial charge >= 0.3 is 0 Å². The minimum atomic E-state index is 0.139. The molecule has 26 heavy (non-hydrogen) atoms. The maximum Gasteiger partial charge on any atom is 0.233 e. The largest absolute Gasteiger partial charge is 0.340 e. The lowest BCUT2D eigenvalue weighted by Gasteiger charge is -2.36. The lowest BCUT2D eigenvalue weighted by Crippen LogP contribution is -2.50. The Morgan fingerprint density at radius 3 is 2.62 bits per heavy atom. The van der Waals surface area contributed by atoms with Crippen LogP contribution in [-0.2, 0) is 9.59 Å². The van der Waals surface area contributed by atoms with Crippen molar-refractivity contribution in [3.8, 4) is 0 Å². The van der Waals surface area contributed by atoms with Gasteiger partial charge in [0.25, 0.3) is 0 Å². The summed E-state index contributed by atoms with van der Waals surface area (Å²) in [5, 5.41) is 0.139. The van der Waals surface area contributed by atoms with Crippen molar-refractivity contribution >= 4 is 23.6 Å². The number of benzene rings is 1. The number of rotatable bonds is 5. The normalized spacial score (nSPS) is 24.3. The summed E-state index contributed by atoms with van der Waals surface area (Å²) in [7, 11) is 0. The molecule has 0 bridgehead atoms. The summed E-state index contributed by atoms with van der Waals surface area (Å²) in [6.45, 7) is 7.25. The number of hydrogen-bond acceptors (Lipinski definition) is 4. The number of carbonyl (C=O) groups is 2. The third-order valence-corrected chi connectivity index (χ3v) is 6.82. The van der Waals surface area contributed by atoms with E-state index < -0.39 is 0 Å². The molecule has 6 heteroatoms. The van der Waals surface area contributed by atoms with Crippen molar-refractivity contribution < 1.29 is 9.59 Å². The second-order valence-electron chi connectivity index (χ2n) is 7.61. The zero-order chi connectivity index (χ0) is 18.1. The zero-order valence-electron chi connectivity index (χ0n) is 15.4. The van der Waals surface area contributed by atoms with E-state index in [1.807, 2.05) is 9.80 Å². The Labute approximate surface area is 159 Å². The molecule has 3 fully saturated rings. The Balaban J connectivity index is 1.30. The highest BCUT2D eigenvalue weighted by Crippen LogP contribution is 2.38. The number of aryl methyl sites for hydroxylation is 1. The van der Waals surface area contributed by atoms with Gasteiger partial charge in [-0.05, 0) is 25.3 Å². The SMILES string of the molecule is Cc1cccc([C@H]2SCC(=O)N2CCN2CCN(C(=O)C3CC3)CC2)c1. The summed E-state index contributed by atoms with van der Waals surface area (Å²) in [4.78, 5) is 31.0. The maximum atomic E-state index is 12.4. The van der Waals surface area contributed by atoms with Crippen molar-refractivity contribution in [2.24, 2.45) is 5.92 Å². The van der Waals surface area contributed by atoms with Gasteiger partial charge in [0.05, 0.1) is 5.75 Å². The lowest BCUT2D eigenvalue weighted by molar-refractivity contribution is -0.134. The molecule has 1 aliphatic carbocycles. The number of amides is 2. The first-order chi connectivity index (χ1) is 12.6. The van der Waals surface area contributed by atoms with Crippen LogP contribution in [0.2, 0.25) is 0 Å². The molecule has 0 radical (unpaired) electrons. The second-order valence-corrected chi connectivity index (χ2v) is 8.67. The molecule has 1 atom stereocenters. The molecule has 2 heterocycles. The fourth-order valence-corrected chi connectivity index (χ4v) is 5.03. The molecule has 3 aliphatic rings. The van der Waals surface area contributed by atoms with E-state index in [0.717, 1.165) is 52.1 Å². The smallest absolute Gasteiger partial charge is 0.233 e. The summed E-state index contributed by atoms with van der Waals surface area (Å²) >= 11 is 1.73. The van der Waals surface area contributed by atoms with Gasteiger partial charge in [-0.1, -0.05) is 29.8 Å². The van der Waals surface area contributed by atoms with Gasteiger partial charge in [0.15, 0.2) is 0 Å². The van der Waals surface area contributed by atoms with Gasteiger partial charge in [-0.25, -0.2) is 0 Å². The Morgan fingerprint density at radius 1 is 1.15 bits per heavy atom. The van der Waals surface area contributed by atoms with Crippen LogP contribution in [0, 0.1) is 12.8 Å². The molecule has 1 saturated carbocycles. The highest BCUT2D eigenvalue weighted by molar-refractivity contribution is 8.00. The average Bonchev–Trinajstić information content (AvgIpc) is 3.43. The minimum Gasteiger partial charge on any atom is -0.340 e. The van der Waals surface area contributed by atoms with E-state index >= 15 is 0 Å². The molecule has 2 saturated heterocycles. The van der Waals surface area contributed by atoms with Gasteiger partial charge in [0.2, 0.25) is 11.8 Å². The molecule has 5 nitrogen and oxygen atoms in total.